The number of hydrogen-bond acceptors (Lipinski definition) is 7. The third-order valence-corrected chi connectivity index (χ3v) is 5.55. The van der Waals surface area contributed by atoms with E-state index in [1.165, 1.54) is 18.3 Å². The molecule has 5 N–H and O–H groups in total. The number of nitrogens with one attached hydrogen (secondary N) is 1. The number of alkyl halides is 3. The van der Waals surface area contributed by atoms with Crippen molar-refractivity contribution >= 4 is 29.5 Å². The number of nitrogen functional groups attached to an aromatic ring is 1. The Balaban J connectivity index is 1.51. The zero-order valence-corrected chi connectivity index (χ0v) is 22.0. The number of carbonyl (C=O) groups excluding carboxylic acids is 1. The van der Waals surface area contributed by atoms with Crippen LogP contribution in [0.3, 0.4) is 0 Å². The number of hydrogen-bond donors (Lipinski definition) is 3. The molecule has 0 radical (unpaired) electrons. The summed E-state index contributed by atoms with van der Waals surface area (Å²) in [5.74, 6) is -2.42. The van der Waals surface area contributed by atoms with Gasteiger partial charge in [-0.25, -0.2) is 24.1 Å². The summed E-state index contributed by atoms with van der Waals surface area (Å²) >= 11 is 0. The molecule has 2 heterocycles. The number of benzene rings is 2. The van der Waals surface area contributed by atoms with E-state index in [9.17, 15) is 22.4 Å². The Hall–Kier alpha value is -4.78. The molecule has 2 aromatic carbocycles. The molecule has 0 atom stereocenters. The zero-order chi connectivity index (χ0) is 29.8. The number of nitrogens with two attached hydrogens (primary N) is 2. The number of carbonyl (C=O) groups is 1. The Morgan fingerprint density at radius 1 is 1.10 bits per heavy atom. The van der Waals surface area contributed by atoms with Gasteiger partial charge in [0.1, 0.15) is 24.7 Å². The molecule has 41 heavy (non-hydrogen) atoms. The molecular weight excluding hydrogens is 542 g/mol. The van der Waals surface area contributed by atoms with Gasteiger partial charge < -0.3 is 21.5 Å². The van der Waals surface area contributed by atoms with Crippen LogP contribution in [0.2, 0.25) is 0 Å². The zero-order valence-electron chi connectivity index (χ0n) is 22.0. The SMILES string of the molecule is CC(C)(N)COc1nc(-c2ccc(CN=C3N=C[C+](C(F)(F)F)C=C3C(=O)Nc3ccc(F)cc3)cc2)cnc1N. The van der Waals surface area contributed by atoms with Gasteiger partial charge in [-0.05, 0) is 43.7 Å². The summed E-state index contributed by atoms with van der Waals surface area (Å²) in [5.41, 5.74) is 12.9. The minimum absolute atomic E-state index is 0.0167. The van der Waals surface area contributed by atoms with E-state index in [-0.39, 0.29) is 41.9 Å². The first kappa shape index (κ1) is 29.2. The molecule has 1 aromatic heterocycles. The molecule has 0 aliphatic carbocycles. The Kier molecular flexibility index (Phi) is 8.38. The molecule has 13 heteroatoms. The standard InChI is InChI=1S/C28H25F4N7O2/c1-27(2,34)15-41-26-23(33)35-14-22(39-26)17-5-3-16(4-6-17)12-36-24-21(11-18(13-37-24)28(30,31)32)25(40)38-20-9-7-19(29)8-10-20/h3-11,13-14H,12,15,34H2,1-2H3,(H2-,33,35,38,40)/p+1. The third kappa shape index (κ3) is 7.88. The first-order valence-electron chi connectivity index (χ1n) is 12.2. The van der Waals surface area contributed by atoms with Gasteiger partial charge in [-0.2, -0.15) is 4.99 Å². The van der Waals surface area contributed by atoms with E-state index in [2.05, 4.69) is 25.3 Å². The van der Waals surface area contributed by atoms with Crippen molar-refractivity contribution in [2.24, 2.45) is 15.7 Å². The molecule has 0 spiro atoms. The predicted octanol–water partition coefficient (Wildman–Crippen LogP) is 4.67. The molecule has 0 saturated carbocycles. The number of aromatic nitrogens is 2. The van der Waals surface area contributed by atoms with Crippen molar-refractivity contribution in [3.8, 4) is 17.1 Å². The predicted molar refractivity (Wildman–Crippen MR) is 148 cm³/mol. The van der Waals surface area contributed by atoms with Gasteiger partial charge >= 0.3 is 12.1 Å². The van der Waals surface area contributed by atoms with Gasteiger partial charge in [0.15, 0.2) is 5.82 Å². The summed E-state index contributed by atoms with van der Waals surface area (Å²) < 4.78 is 58.8. The fourth-order valence-corrected chi connectivity index (χ4v) is 3.47. The number of halogens is 4. The van der Waals surface area contributed by atoms with Gasteiger partial charge in [-0.3, -0.25) is 0 Å². The van der Waals surface area contributed by atoms with Crippen LogP contribution in [0.25, 0.3) is 11.3 Å². The number of dihydropyridines is 1. The van der Waals surface area contributed by atoms with E-state index >= 15 is 0 Å². The fourth-order valence-electron chi connectivity index (χ4n) is 3.47. The molecular formula is C28H26F4N7O2+. The number of rotatable bonds is 8. The molecule has 3 aromatic rings. The highest BCUT2D eigenvalue weighted by molar-refractivity contribution is 6.28. The molecule has 4 rings (SSSR count). The molecule has 0 unspecified atom stereocenters. The second-order valence-corrected chi connectivity index (χ2v) is 9.79. The minimum atomic E-state index is -4.72. The lowest BCUT2D eigenvalue weighted by Gasteiger charge is -2.19. The Labute approximate surface area is 233 Å². The smallest absolute Gasteiger partial charge is 0.473 e. The fraction of sp³-hybridized carbons (Fsp3) is 0.214. The van der Waals surface area contributed by atoms with Crippen molar-refractivity contribution in [1.29, 1.82) is 0 Å². The topological polar surface area (TPSA) is 141 Å². The van der Waals surface area contributed by atoms with Crippen LogP contribution in [0.15, 0.2) is 76.4 Å². The largest absolute Gasteiger partial charge is 0.492 e. The van der Waals surface area contributed by atoms with Crippen LogP contribution in [0.5, 0.6) is 5.88 Å². The number of amidine groups is 1. The summed E-state index contributed by atoms with van der Waals surface area (Å²) in [5, 5.41) is 2.44. The van der Waals surface area contributed by atoms with E-state index in [0.717, 1.165) is 12.1 Å². The second-order valence-electron chi connectivity index (χ2n) is 9.79. The van der Waals surface area contributed by atoms with Crippen molar-refractivity contribution in [3.63, 3.8) is 0 Å². The van der Waals surface area contributed by atoms with Gasteiger partial charge in [-0.15, -0.1) is 13.2 Å². The van der Waals surface area contributed by atoms with E-state index < -0.39 is 29.4 Å². The number of amides is 1. The normalized spacial score (nSPS) is 14.7. The first-order chi connectivity index (χ1) is 19.3. The van der Waals surface area contributed by atoms with E-state index in [0.29, 0.717) is 29.1 Å². The average Bonchev–Trinajstić information content (AvgIpc) is 2.92. The first-order valence-corrected chi connectivity index (χ1v) is 12.2. The number of aliphatic imine (C=N–C) groups is 2. The molecule has 1 aliphatic rings. The molecule has 0 bridgehead atoms. The summed E-state index contributed by atoms with van der Waals surface area (Å²) in [6, 6.07) is 11.8. The Bertz CT molecular complexity index is 1490. The van der Waals surface area contributed by atoms with Gasteiger partial charge in [-0.1, -0.05) is 24.3 Å². The van der Waals surface area contributed by atoms with Gasteiger partial charge in [0.25, 0.3) is 11.7 Å². The van der Waals surface area contributed by atoms with E-state index in [4.69, 9.17) is 16.2 Å². The van der Waals surface area contributed by atoms with Gasteiger partial charge in [0, 0.05) is 16.8 Å². The van der Waals surface area contributed by atoms with Crippen molar-refractivity contribution in [1.82, 2.24) is 9.97 Å². The molecule has 9 nitrogen and oxygen atoms in total. The lowest BCUT2D eigenvalue weighted by atomic mass is 10.0. The van der Waals surface area contributed by atoms with Crippen LogP contribution < -0.4 is 21.5 Å². The third-order valence-electron chi connectivity index (χ3n) is 5.55. The van der Waals surface area contributed by atoms with E-state index in [1.54, 1.807) is 38.1 Å². The second kappa shape index (κ2) is 11.8. The van der Waals surface area contributed by atoms with Crippen LogP contribution >= 0.6 is 0 Å². The quantitative estimate of drug-likeness (QED) is 0.267. The van der Waals surface area contributed by atoms with Crippen LogP contribution in [0.4, 0.5) is 29.1 Å². The van der Waals surface area contributed by atoms with Gasteiger partial charge in [0.05, 0.1) is 18.4 Å². The average molecular weight is 569 g/mol. The van der Waals surface area contributed by atoms with Crippen molar-refractivity contribution < 1.29 is 27.1 Å². The molecule has 1 aliphatic heterocycles. The maximum Gasteiger partial charge on any atom is 0.492 e. The summed E-state index contributed by atoms with van der Waals surface area (Å²) in [4.78, 5) is 29.5. The molecule has 0 saturated heterocycles. The maximum atomic E-state index is 13.3. The molecule has 0 fully saturated rings. The van der Waals surface area contributed by atoms with E-state index in [1.807, 2.05) is 0 Å². The number of ether oxygens (including phenoxy) is 1. The van der Waals surface area contributed by atoms with Crippen LogP contribution in [-0.2, 0) is 11.3 Å². The monoisotopic (exact) mass is 568 g/mol. The van der Waals surface area contributed by atoms with Crippen LogP contribution in [-0.4, -0.2) is 46.2 Å². The molecule has 212 valence electrons. The highest BCUT2D eigenvalue weighted by atomic mass is 19.4. The summed E-state index contributed by atoms with van der Waals surface area (Å²) in [7, 11) is 0. The number of anilines is 2. The van der Waals surface area contributed by atoms with Crippen LogP contribution in [0, 0.1) is 11.7 Å². The van der Waals surface area contributed by atoms with Crippen molar-refractivity contribution in [3.05, 3.63) is 83.7 Å². The minimum Gasteiger partial charge on any atom is -0.473 e. The summed E-state index contributed by atoms with van der Waals surface area (Å²) in [6.45, 7) is 3.79. The number of allylic oxidation sites excluding steroid dienone is 1. The highest BCUT2D eigenvalue weighted by Gasteiger charge is 2.49. The van der Waals surface area contributed by atoms with Crippen molar-refractivity contribution in [2.45, 2.75) is 32.1 Å². The number of nitrogens with zero attached hydrogens (tertiary/aromatic N) is 4. The van der Waals surface area contributed by atoms with Crippen molar-refractivity contribution in [2.75, 3.05) is 17.7 Å². The highest BCUT2D eigenvalue weighted by Crippen LogP contribution is 2.31. The van der Waals surface area contributed by atoms with Gasteiger partial charge in [0.2, 0.25) is 11.5 Å². The molecule has 1 amide bonds. The Morgan fingerprint density at radius 3 is 2.41 bits per heavy atom. The summed E-state index contributed by atoms with van der Waals surface area (Å²) in [6.07, 6.45) is -1.93. The lowest BCUT2D eigenvalue weighted by Crippen LogP contribution is -2.39. The maximum absolute atomic E-state index is 13.3. The lowest BCUT2D eigenvalue weighted by molar-refractivity contribution is -0.112. The Morgan fingerprint density at radius 2 is 1.78 bits per heavy atom. The van der Waals surface area contributed by atoms with Crippen LogP contribution in [0.1, 0.15) is 19.4 Å².